The second-order valence-electron chi connectivity index (χ2n) is 7.80. The van der Waals surface area contributed by atoms with Crippen molar-refractivity contribution >= 4 is 11.8 Å². The topological polar surface area (TPSA) is 53.1 Å². The fraction of sp³-hybridized carbons (Fsp3) is 0.619. The summed E-state index contributed by atoms with van der Waals surface area (Å²) in [6.45, 7) is 1.15. The molecule has 0 N–H and O–H groups in total. The van der Waals surface area contributed by atoms with E-state index < -0.39 is 24.7 Å². The molecular formula is C21H28F3N3O3. The van der Waals surface area contributed by atoms with E-state index in [1.165, 1.54) is 0 Å². The highest BCUT2D eigenvalue weighted by molar-refractivity contribution is 5.84. The van der Waals surface area contributed by atoms with Crippen LogP contribution in [0.4, 0.5) is 13.2 Å². The number of ether oxygens (including phenoxy) is 1. The first-order chi connectivity index (χ1) is 14.3. The van der Waals surface area contributed by atoms with E-state index in [0.717, 1.165) is 16.2 Å². The molecule has 2 heterocycles. The predicted octanol–water partition coefficient (Wildman–Crippen LogP) is 2.33. The monoisotopic (exact) mass is 427 g/mol. The van der Waals surface area contributed by atoms with Crippen LogP contribution in [0.2, 0.25) is 0 Å². The Morgan fingerprint density at radius 2 is 1.83 bits per heavy atom. The predicted molar refractivity (Wildman–Crippen MR) is 105 cm³/mol. The van der Waals surface area contributed by atoms with Gasteiger partial charge in [-0.1, -0.05) is 12.1 Å². The van der Waals surface area contributed by atoms with Gasteiger partial charge in [0.05, 0.1) is 13.2 Å². The molecule has 2 amide bonds. The van der Waals surface area contributed by atoms with E-state index in [0.29, 0.717) is 51.9 Å². The lowest BCUT2D eigenvalue weighted by atomic mass is 10.1. The number of halogens is 3. The van der Waals surface area contributed by atoms with Gasteiger partial charge in [0.15, 0.2) is 0 Å². The number of hydrogen-bond acceptors (Lipinski definition) is 4. The van der Waals surface area contributed by atoms with Crippen LogP contribution in [0.3, 0.4) is 0 Å². The molecule has 2 saturated heterocycles. The minimum Gasteiger partial charge on any atom is -0.497 e. The SMILES string of the molecule is COc1ccc(CCC(=O)N2CCCN(C3CCN(CC(F)(F)F)C3=O)CC2)cc1. The largest absolute Gasteiger partial charge is 0.497 e. The lowest BCUT2D eigenvalue weighted by molar-refractivity contribution is -0.159. The summed E-state index contributed by atoms with van der Waals surface area (Å²) >= 11 is 0. The zero-order valence-corrected chi connectivity index (χ0v) is 17.2. The second-order valence-corrected chi connectivity index (χ2v) is 7.80. The van der Waals surface area contributed by atoms with E-state index in [9.17, 15) is 22.8 Å². The maximum Gasteiger partial charge on any atom is 0.406 e. The molecule has 6 nitrogen and oxygen atoms in total. The first-order valence-electron chi connectivity index (χ1n) is 10.3. The van der Waals surface area contributed by atoms with Crippen molar-refractivity contribution in [1.82, 2.24) is 14.7 Å². The summed E-state index contributed by atoms with van der Waals surface area (Å²) in [7, 11) is 1.61. The molecule has 166 valence electrons. The van der Waals surface area contributed by atoms with E-state index in [2.05, 4.69) is 0 Å². The van der Waals surface area contributed by atoms with E-state index in [1.54, 1.807) is 12.0 Å². The second kappa shape index (κ2) is 9.68. The normalized spacial score (nSPS) is 21.1. The van der Waals surface area contributed by atoms with Gasteiger partial charge in [-0.2, -0.15) is 13.2 Å². The number of benzene rings is 1. The summed E-state index contributed by atoms with van der Waals surface area (Å²) in [4.78, 5) is 29.7. The zero-order chi connectivity index (χ0) is 21.7. The highest BCUT2D eigenvalue weighted by Gasteiger charge is 2.41. The standard InChI is InChI=1S/C21H28F3N3O3/c1-30-17-6-3-16(4-7-17)5-8-19(28)26-11-2-10-25(13-14-26)18-9-12-27(20(18)29)15-21(22,23)24/h3-4,6-7,18H,2,5,8-15H2,1H3. The molecule has 0 spiro atoms. The van der Waals surface area contributed by atoms with Gasteiger partial charge in [-0.05, 0) is 37.0 Å². The Morgan fingerprint density at radius 3 is 2.50 bits per heavy atom. The van der Waals surface area contributed by atoms with Crippen LogP contribution < -0.4 is 4.74 Å². The van der Waals surface area contributed by atoms with Gasteiger partial charge < -0.3 is 14.5 Å². The van der Waals surface area contributed by atoms with Gasteiger partial charge >= 0.3 is 6.18 Å². The number of methoxy groups -OCH3 is 1. The Balaban J connectivity index is 1.48. The number of nitrogens with zero attached hydrogens (tertiary/aromatic N) is 3. The molecule has 1 unspecified atom stereocenters. The molecular weight excluding hydrogens is 399 g/mol. The highest BCUT2D eigenvalue weighted by atomic mass is 19.4. The van der Waals surface area contributed by atoms with Gasteiger partial charge in [0, 0.05) is 39.1 Å². The Morgan fingerprint density at radius 1 is 1.10 bits per heavy atom. The molecule has 0 saturated carbocycles. The van der Waals surface area contributed by atoms with E-state index >= 15 is 0 Å². The number of rotatable bonds is 6. The van der Waals surface area contributed by atoms with Crippen LogP contribution in [-0.2, 0) is 16.0 Å². The van der Waals surface area contributed by atoms with Crippen LogP contribution in [0.15, 0.2) is 24.3 Å². The highest BCUT2D eigenvalue weighted by Crippen LogP contribution is 2.24. The smallest absolute Gasteiger partial charge is 0.406 e. The fourth-order valence-electron chi connectivity index (χ4n) is 4.13. The average molecular weight is 427 g/mol. The van der Waals surface area contributed by atoms with Gasteiger partial charge in [-0.25, -0.2) is 0 Å². The molecule has 2 aliphatic heterocycles. The molecule has 0 aromatic heterocycles. The summed E-state index contributed by atoms with van der Waals surface area (Å²) in [6, 6.07) is 7.10. The fourth-order valence-corrected chi connectivity index (χ4v) is 4.13. The number of alkyl halides is 3. The molecule has 0 aliphatic carbocycles. The maximum absolute atomic E-state index is 12.6. The van der Waals surface area contributed by atoms with Crippen molar-refractivity contribution in [3.63, 3.8) is 0 Å². The summed E-state index contributed by atoms with van der Waals surface area (Å²) in [5.74, 6) is 0.378. The van der Waals surface area contributed by atoms with Gasteiger partial charge in [0.25, 0.3) is 0 Å². The van der Waals surface area contributed by atoms with Gasteiger partial charge in [0.2, 0.25) is 11.8 Å². The average Bonchev–Trinajstić information content (AvgIpc) is 2.92. The summed E-state index contributed by atoms with van der Waals surface area (Å²) in [6.07, 6.45) is -2.24. The van der Waals surface area contributed by atoms with Crippen LogP contribution >= 0.6 is 0 Å². The van der Waals surface area contributed by atoms with Gasteiger partial charge in [-0.3, -0.25) is 14.5 Å². The number of hydrogen-bond donors (Lipinski definition) is 0. The number of likely N-dealkylation sites (tertiary alicyclic amines) is 1. The minimum absolute atomic E-state index is 0.0594. The molecule has 0 radical (unpaired) electrons. The van der Waals surface area contributed by atoms with Crippen molar-refractivity contribution in [2.45, 2.75) is 37.9 Å². The third-order valence-electron chi connectivity index (χ3n) is 5.75. The molecule has 9 heteroatoms. The number of carbonyl (C=O) groups excluding carboxylic acids is 2. The molecule has 30 heavy (non-hydrogen) atoms. The maximum atomic E-state index is 12.6. The molecule has 1 atom stereocenters. The molecule has 3 rings (SSSR count). The van der Waals surface area contributed by atoms with Crippen molar-refractivity contribution in [2.24, 2.45) is 0 Å². The Kier molecular flexibility index (Phi) is 7.23. The molecule has 1 aromatic carbocycles. The van der Waals surface area contributed by atoms with E-state index in [4.69, 9.17) is 4.74 Å². The Labute approximate surface area is 174 Å². The van der Waals surface area contributed by atoms with Gasteiger partial charge in [0.1, 0.15) is 12.3 Å². The summed E-state index contributed by atoms with van der Waals surface area (Å²) < 4.78 is 43.0. The van der Waals surface area contributed by atoms with Crippen LogP contribution in [0.5, 0.6) is 5.75 Å². The van der Waals surface area contributed by atoms with Crippen LogP contribution in [0, 0.1) is 0 Å². The van der Waals surface area contributed by atoms with Crippen LogP contribution in [0.25, 0.3) is 0 Å². The van der Waals surface area contributed by atoms with E-state index in [1.807, 2.05) is 29.2 Å². The van der Waals surface area contributed by atoms with Crippen molar-refractivity contribution in [2.75, 3.05) is 46.4 Å². The molecule has 2 aliphatic rings. The van der Waals surface area contributed by atoms with Crippen molar-refractivity contribution in [3.8, 4) is 5.75 Å². The Bertz CT molecular complexity index is 739. The third kappa shape index (κ3) is 5.87. The first kappa shape index (κ1) is 22.4. The third-order valence-corrected chi connectivity index (χ3v) is 5.75. The van der Waals surface area contributed by atoms with Gasteiger partial charge in [-0.15, -0.1) is 0 Å². The van der Waals surface area contributed by atoms with Crippen molar-refractivity contribution in [1.29, 1.82) is 0 Å². The van der Waals surface area contributed by atoms with Crippen molar-refractivity contribution in [3.05, 3.63) is 29.8 Å². The quantitative estimate of drug-likeness (QED) is 0.699. The molecule has 2 fully saturated rings. The van der Waals surface area contributed by atoms with E-state index in [-0.39, 0.29) is 12.5 Å². The lowest BCUT2D eigenvalue weighted by Crippen LogP contribution is -2.45. The lowest BCUT2D eigenvalue weighted by Gasteiger charge is -2.27. The zero-order valence-electron chi connectivity index (χ0n) is 17.2. The first-order valence-corrected chi connectivity index (χ1v) is 10.3. The number of amides is 2. The van der Waals surface area contributed by atoms with Crippen LogP contribution in [0.1, 0.15) is 24.8 Å². The molecule has 1 aromatic rings. The van der Waals surface area contributed by atoms with Crippen LogP contribution in [-0.4, -0.2) is 85.1 Å². The summed E-state index contributed by atoms with van der Waals surface area (Å²) in [5.41, 5.74) is 1.06. The minimum atomic E-state index is -4.38. The van der Waals surface area contributed by atoms with Crippen molar-refractivity contribution < 1.29 is 27.5 Å². The Hall–Kier alpha value is -2.29. The number of carbonyl (C=O) groups is 2. The summed E-state index contributed by atoms with van der Waals surface area (Å²) in [5, 5.41) is 0. The molecule has 0 bridgehead atoms. The number of aryl methyl sites for hydroxylation is 1.